The van der Waals surface area contributed by atoms with Gasteiger partial charge in [-0.3, -0.25) is 4.79 Å². The summed E-state index contributed by atoms with van der Waals surface area (Å²) in [6.45, 7) is 6.14. The van der Waals surface area contributed by atoms with Gasteiger partial charge in [0.05, 0.1) is 5.56 Å². The number of amides is 1. The highest BCUT2D eigenvalue weighted by molar-refractivity contribution is 6.03. The minimum atomic E-state index is -0.963. The third kappa shape index (κ3) is 3.24. The number of hydrogen-bond acceptors (Lipinski definition) is 2. The Morgan fingerprint density at radius 1 is 1.29 bits per heavy atom. The van der Waals surface area contributed by atoms with E-state index in [1.165, 1.54) is 0 Å². The zero-order valence-corrected chi connectivity index (χ0v) is 12.5. The molecular weight excluding hydrogens is 268 g/mol. The smallest absolute Gasteiger partial charge is 0.336 e. The maximum absolute atomic E-state index is 12.1. The number of aromatic carboxylic acids is 1. The molecule has 21 heavy (non-hydrogen) atoms. The van der Waals surface area contributed by atoms with Crippen molar-refractivity contribution < 1.29 is 14.7 Å². The monoisotopic (exact) mass is 288 g/mol. The van der Waals surface area contributed by atoms with E-state index in [1.807, 2.05) is 26.8 Å². The Morgan fingerprint density at radius 3 is 2.62 bits per heavy atom. The van der Waals surface area contributed by atoms with Crippen LogP contribution in [0.3, 0.4) is 0 Å². The molecule has 112 valence electrons. The molecule has 1 aromatic carbocycles. The van der Waals surface area contributed by atoms with E-state index in [-0.39, 0.29) is 23.6 Å². The first-order chi connectivity index (χ1) is 9.84. The molecule has 0 radical (unpaired) electrons. The lowest BCUT2D eigenvalue weighted by Gasteiger charge is -2.24. The zero-order chi connectivity index (χ0) is 15.6. The second kappa shape index (κ2) is 5.60. The maximum Gasteiger partial charge on any atom is 0.336 e. The van der Waals surface area contributed by atoms with Crippen molar-refractivity contribution in [1.29, 1.82) is 0 Å². The molecule has 0 saturated carbocycles. The van der Waals surface area contributed by atoms with Gasteiger partial charge in [-0.15, -0.1) is 0 Å². The number of benzene rings is 1. The number of carboxylic acids is 1. The number of nitrogens with zero attached hydrogens (tertiary/aromatic N) is 1. The third-order valence-electron chi connectivity index (χ3n) is 3.72. The number of aromatic nitrogens is 1. The van der Waals surface area contributed by atoms with Crippen molar-refractivity contribution in [2.45, 2.75) is 39.3 Å². The molecule has 2 rings (SSSR count). The first-order valence-electron chi connectivity index (χ1n) is 6.96. The Balaban J connectivity index is 2.26. The molecule has 2 N–H and O–H groups in total. The second-order valence-corrected chi connectivity index (χ2v) is 5.77. The summed E-state index contributed by atoms with van der Waals surface area (Å²) < 4.78 is 1.77. The van der Waals surface area contributed by atoms with Gasteiger partial charge in [0, 0.05) is 22.6 Å². The van der Waals surface area contributed by atoms with E-state index in [0.717, 1.165) is 11.9 Å². The van der Waals surface area contributed by atoms with Crippen LogP contribution in [0.2, 0.25) is 0 Å². The highest BCUT2D eigenvalue weighted by Gasteiger charge is 2.18. The van der Waals surface area contributed by atoms with Gasteiger partial charge in [0.2, 0.25) is 5.91 Å². The molecule has 0 aliphatic rings. The van der Waals surface area contributed by atoms with E-state index in [0.29, 0.717) is 5.39 Å². The molecule has 1 amide bonds. The molecule has 0 fully saturated rings. The summed E-state index contributed by atoms with van der Waals surface area (Å²) >= 11 is 0. The highest BCUT2D eigenvalue weighted by atomic mass is 16.4. The molecule has 5 nitrogen and oxygen atoms in total. The number of carboxylic acid groups (broad SMARTS) is 1. The molecule has 0 atom stereocenters. The second-order valence-electron chi connectivity index (χ2n) is 5.77. The predicted molar refractivity (Wildman–Crippen MR) is 81.4 cm³/mol. The van der Waals surface area contributed by atoms with Gasteiger partial charge in [-0.1, -0.05) is 13.0 Å². The molecule has 1 heterocycles. The number of hydrogen-bond donors (Lipinski definition) is 2. The fourth-order valence-corrected chi connectivity index (χ4v) is 2.21. The minimum absolute atomic E-state index is 0.0833. The van der Waals surface area contributed by atoms with Crippen molar-refractivity contribution in [1.82, 2.24) is 9.88 Å². The van der Waals surface area contributed by atoms with Crippen LogP contribution < -0.4 is 5.32 Å². The van der Waals surface area contributed by atoms with Crippen molar-refractivity contribution in [2.24, 2.45) is 0 Å². The Kier molecular flexibility index (Phi) is 4.02. The number of nitrogens with one attached hydrogen (secondary N) is 1. The molecule has 0 bridgehead atoms. The summed E-state index contributed by atoms with van der Waals surface area (Å²) in [6.07, 6.45) is 2.59. The first-order valence-corrected chi connectivity index (χ1v) is 6.96. The maximum atomic E-state index is 12.1. The molecule has 0 aliphatic heterocycles. The molecule has 0 spiro atoms. The lowest BCUT2D eigenvalue weighted by atomic mass is 10.0. The van der Waals surface area contributed by atoms with Crippen molar-refractivity contribution in [3.05, 3.63) is 36.0 Å². The van der Waals surface area contributed by atoms with E-state index >= 15 is 0 Å². The van der Waals surface area contributed by atoms with Crippen LogP contribution in [0.4, 0.5) is 0 Å². The minimum Gasteiger partial charge on any atom is -0.478 e. The Bertz CT molecular complexity index is 686. The van der Waals surface area contributed by atoms with Gasteiger partial charge in [0.15, 0.2) is 0 Å². The topological polar surface area (TPSA) is 71.3 Å². The molecule has 0 unspecified atom stereocenters. The van der Waals surface area contributed by atoms with E-state index in [1.54, 1.807) is 29.0 Å². The van der Waals surface area contributed by atoms with E-state index in [4.69, 9.17) is 0 Å². The summed E-state index contributed by atoms with van der Waals surface area (Å²) in [5.74, 6) is -1.05. The van der Waals surface area contributed by atoms with Gasteiger partial charge in [0.25, 0.3) is 0 Å². The van der Waals surface area contributed by atoms with Gasteiger partial charge in [-0.05, 0) is 38.5 Å². The molecule has 0 aliphatic carbocycles. The van der Waals surface area contributed by atoms with Gasteiger partial charge >= 0.3 is 5.97 Å². The van der Waals surface area contributed by atoms with Gasteiger partial charge in [0.1, 0.15) is 6.54 Å². The van der Waals surface area contributed by atoms with Crippen molar-refractivity contribution in [3.63, 3.8) is 0 Å². The normalized spacial score (nSPS) is 11.6. The van der Waals surface area contributed by atoms with Crippen LogP contribution in [0.1, 0.15) is 37.6 Å². The fraction of sp³-hybridized carbons (Fsp3) is 0.375. The van der Waals surface area contributed by atoms with Crippen LogP contribution in [0, 0.1) is 0 Å². The number of rotatable bonds is 5. The lowest BCUT2D eigenvalue weighted by molar-refractivity contribution is -0.123. The third-order valence-corrected chi connectivity index (χ3v) is 3.72. The van der Waals surface area contributed by atoms with Crippen molar-refractivity contribution in [3.8, 4) is 0 Å². The summed E-state index contributed by atoms with van der Waals surface area (Å²) in [5.41, 5.74) is 0.756. The van der Waals surface area contributed by atoms with Crippen LogP contribution in [0.15, 0.2) is 30.5 Å². The Hall–Kier alpha value is -2.30. The summed E-state index contributed by atoms with van der Waals surface area (Å²) in [6, 6.07) is 6.81. The quantitative estimate of drug-likeness (QED) is 0.888. The fourth-order valence-electron chi connectivity index (χ4n) is 2.21. The number of carbonyl (C=O) groups is 2. The Morgan fingerprint density at radius 2 is 2.00 bits per heavy atom. The highest BCUT2D eigenvalue weighted by Crippen LogP contribution is 2.20. The van der Waals surface area contributed by atoms with Crippen molar-refractivity contribution >= 4 is 22.8 Å². The van der Waals surface area contributed by atoms with Crippen LogP contribution in [-0.4, -0.2) is 27.1 Å². The molecule has 1 aromatic heterocycles. The average molecular weight is 288 g/mol. The van der Waals surface area contributed by atoms with E-state index in [9.17, 15) is 14.7 Å². The summed E-state index contributed by atoms with van der Waals surface area (Å²) in [5, 5.41) is 12.8. The average Bonchev–Trinajstić information content (AvgIpc) is 2.81. The van der Waals surface area contributed by atoms with Crippen LogP contribution in [0.5, 0.6) is 0 Å². The zero-order valence-electron chi connectivity index (χ0n) is 12.5. The molecule has 5 heteroatoms. The summed E-state index contributed by atoms with van der Waals surface area (Å²) in [7, 11) is 0. The van der Waals surface area contributed by atoms with Crippen molar-refractivity contribution in [2.75, 3.05) is 0 Å². The lowest BCUT2D eigenvalue weighted by Crippen LogP contribution is -2.44. The van der Waals surface area contributed by atoms with Crippen LogP contribution in [-0.2, 0) is 11.3 Å². The summed E-state index contributed by atoms with van der Waals surface area (Å²) in [4.78, 5) is 23.3. The predicted octanol–water partition coefficient (Wildman–Crippen LogP) is 2.64. The van der Waals surface area contributed by atoms with E-state index < -0.39 is 5.97 Å². The number of fused-ring (bicyclic) bond motifs is 1. The molecule has 0 saturated heterocycles. The first kappa shape index (κ1) is 15.1. The van der Waals surface area contributed by atoms with Gasteiger partial charge < -0.3 is 15.0 Å². The van der Waals surface area contributed by atoms with Gasteiger partial charge in [-0.2, -0.15) is 0 Å². The number of carbonyl (C=O) groups excluding carboxylic acids is 1. The molecular formula is C16H20N2O3. The van der Waals surface area contributed by atoms with Crippen LogP contribution in [0.25, 0.3) is 10.9 Å². The molecule has 2 aromatic rings. The largest absolute Gasteiger partial charge is 0.478 e. The van der Waals surface area contributed by atoms with E-state index in [2.05, 4.69) is 5.32 Å². The SMILES string of the molecule is CCC(C)(C)NC(=O)Cn1ccc2c(C(=O)O)cccc21. The standard InChI is InChI=1S/C16H20N2O3/c1-4-16(2,3)17-14(19)10-18-9-8-11-12(15(20)21)6-5-7-13(11)18/h5-9H,4,10H2,1-3H3,(H,17,19)(H,20,21). The van der Waals surface area contributed by atoms with Gasteiger partial charge in [-0.25, -0.2) is 4.79 Å². The Labute approximate surface area is 123 Å². The van der Waals surface area contributed by atoms with Crippen LogP contribution >= 0.6 is 0 Å².